The van der Waals surface area contributed by atoms with E-state index in [1.54, 1.807) is 6.08 Å². The SMILES string of the molecule is CC1=CC(=O)C2[C@H]3[C@@H]1C2(C)CC[C@@H]3C(C)(C)O[C@@H]1O[C@H](CO)[C@@H](O)[C@H](O)[C@H]1O. The Morgan fingerprint density at radius 2 is 1.89 bits per heavy atom. The van der Waals surface area contributed by atoms with Crippen LogP contribution in [0.4, 0.5) is 0 Å². The van der Waals surface area contributed by atoms with Crippen LogP contribution < -0.4 is 0 Å². The van der Waals surface area contributed by atoms with Gasteiger partial charge in [0.25, 0.3) is 0 Å². The Morgan fingerprint density at radius 3 is 2.50 bits per heavy atom. The van der Waals surface area contributed by atoms with Gasteiger partial charge in [-0.15, -0.1) is 0 Å². The van der Waals surface area contributed by atoms with Crippen molar-refractivity contribution in [3.63, 3.8) is 0 Å². The molecule has 7 nitrogen and oxygen atoms in total. The van der Waals surface area contributed by atoms with Crippen molar-refractivity contribution in [2.24, 2.45) is 29.1 Å². The van der Waals surface area contributed by atoms with Crippen LogP contribution in [0.1, 0.15) is 40.5 Å². The van der Waals surface area contributed by atoms with Crippen LogP contribution in [0.2, 0.25) is 0 Å². The lowest BCUT2D eigenvalue weighted by atomic mass is 9.34. The van der Waals surface area contributed by atoms with Gasteiger partial charge in [-0.25, -0.2) is 0 Å². The lowest BCUT2D eigenvalue weighted by Gasteiger charge is -2.70. The van der Waals surface area contributed by atoms with E-state index in [0.717, 1.165) is 18.4 Å². The molecule has 5 rings (SSSR count). The molecule has 0 amide bonds. The van der Waals surface area contributed by atoms with E-state index >= 15 is 0 Å². The summed E-state index contributed by atoms with van der Waals surface area (Å²) in [5, 5.41) is 39.8. The fraction of sp³-hybridized carbons (Fsp3) is 0.857. The van der Waals surface area contributed by atoms with Crippen molar-refractivity contribution in [3.05, 3.63) is 11.6 Å². The van der Waals surface area contributed by atoms with E-state index in [4.69, 9.17) is 9.47 Å². The van der Waals surface area contributed by atoms with Gasteiger partial charge in [0.2, 0.25) is 0 Å². The van der Waals surface area contributed by atoms with Gasteiger partial charge in [0.1, 0.15) is 24.4 Å². The molecule has 5 aliphatic rings. The van der Waals surface area contributed by atoms with Crippen molar-refractivity contribution in [2.45, 2.75) is 76.8 Å². The first-order valence-corrected chi connectivity index (χ1v) is 10.2. The maximum absolute atomic E-state index is 12.7. The summed E-state index contributed by atoms with van der Waals surface area (Å²) in [4.78, 5) is 12.7. The third kappa shape index (κ3) is 2.67. The van der Waals surface area contributed by atoms with E-state index in [1.807, 2.05) is 20.8 Å². The number of ketones is 1. The second-order valence-corrected chi connectivity index (χ2v) is 9.89. The van der Waals surface area contributed by atoms with E-state index in [1.165, 1.54) is 0 Å². The monoisotopic (exact) mass is 396 g/mol. The molecule has 10 atom stereocenters. The van der Waals surface area contributed by atoms with E-state index in [2.05, 4.69) is 6.92 Å². The third-order valence-electron chi connectivity index (χ3n) is 7.98. The van der Waals surface area contributed by atoms with Gasteiger partial charge in [-0.1, -0.05) is 12.5 Å². The molecule has 7 heteroatoms. The fourth-order valence-corrected chi connectivity index (χ4v) is 6.69. The van der Waals surface area contributed by atoms with E-state index in [-0.39, 0.29) is 29.0 Å². The molecule has 3 fully saturated rings. The summed E-state index contributed by atoms with van der Waals surface area (Å²) < 4.78 is 11.7. The lowest BCUT2D eigenvalue weighted by molar-refractivity contribution is -0.338. The maximum atomic E-state index is 12.7. The molecule has 1 aliphatic heterocycles. The van der Waals surface area contributed by atoms with Crippen molar-refractivity contribution < 1.29 is 34.7 Å². The molecule has 1 saturated heterocycles. The largest absolute Gasteiger partial charge is 0.394 e. The molecule has 158 valence electrons. The minimum absolute atomic E-state index is 0.0117. The highest BCUT2D eigenvalue weighted by molar-refractivity contribution is 5.96. The van der Waals surface area contributed by atoms with Gasteiger partial charge >= 0.3 is 0 Å². The number of ether oxygens (including phenoxy) is 2. The topological polar surface area (TPSA) is 116 Å². The number of aliphatic hydroxyl groups is 4. The van der Waals surface area contributed by atoms with Gasteiger partial charge in [0.15, 0.2) is 12.1 Å². The molecule has 28 heavy (non-hydrogen) atoms. The Balaban J connectivity index is 1.55. The number of carbonyl (C=O) groups is 1. The van der Waals surface area contributed by atoms with Gasteiger partial charge in [0, 0.05) is 5.92 Å². The Bertz CT molecular complexity index is 686. The maximum Gasteiger partial charge on any atom is 0.187 e. The summed E-state index contributed by atoms with van der Waals surface area (Å²) >= 11 is 0. The summed E-state index contributed by atoms with van der Waals surface area (Å²) in [5.41, 5.74) is 0.471. The van der Waals surface area contributed by atoms with E-state index < -0.39 is 42.9 Å². The molecule has 0 spiro atoms. The zero-order chi connectivity index (χ0) is 20.6. The molecular formula is C21H32O7. The Labute approximate surface area is 165 Å². The molecule has 0 radical (unpaired) electrons. The van der Waals surface area contributed by atoms with Gasteiger partial charge in [0.05, 0.1) is 12.2 Å². The summed E-state index contributed by atoms with van der Waals surface area (Å²) in [6.45, 7) is 7.63. The van der Waals surface area contributed by atoms with Crippen LogP contribution in [0, 0.1) is 29.1 Å². The number of carbonyl (C=O) groups excluding carboxylic acids is 1. The van der Waals surface area contributed by atoms with Crippen LogP contribution >= 0.6 is 0 Å². The molecule has 4 bridgehead atoms. The number of fused-ring (bicyclic) bond motifs is 1. The van der Waals surface area contributed by atoms with E-state index in [9.17, 15) is 25.2 Å². The minimum Gasteiger partial charge on any atom is -0.394 e. The van der Waals surface area contributed by atoms with Crippen molar-refractivity contribution in [3.8, 4) is 0 Å². The van der Waals surface area contributed by atoms with E-state index in [0.29, 0.717) is 5.92 Å². The smallest absolute Gasteiger partial charge is 0.187 e. The molecule has 0 aromatic rings. The molecule has 1 heterocycles. The van der Waals surface area contributed by atoms with Crippen LogP contribution in [0.3, 0.4) is 0 Å². The predicted octanol–water partition coefficient (Wildman–Crippen LogP) is 0.389. The highest BCUT2D eigenvalue weighted by Gasteiger charge is 2.70. The second-order valence-electron chi connectivity index (χ2n) is 9.89. The average molecular weight is 396 g/mol. The van der Waals surface area contributed by atoms with Crippen molar-refractivity contribution >= 4 is 5.78 Å². The highest BCUT2D eigenvalue weighted by atomic mass is 16.7. The molecule has 2 saturated carbocycles. The zero-order valence-corrected chi connectivity index (χ0v) is 16.9. The Hall–Kier alpha value is -0.830. The number of hydrogen-bond acceptors (Lipinski definition) is 7. The number of aliphatic hydroxyl groups excluding tert-OH is 4. The quantitative estimate of drug-likeness (QED) is 0.543. The standard InChI is InChI=1S/C21H32O7/c1-9-7-11(23)15-13-10(5-6-21(15,4)14(9)13)20(2,3)28-19-18(26)17(25)16(24)12(8-22)27-19/h7,10,12-19,22,24-26H,5-6,8H2,1-4H3/t10-,12+,13+,14+,15?,16+,17-,18+,19-,21?/m0/s1. The summed E-state index contributed by atoms with van der Waals surface area (Å²) in [7, 11) is 0. The number of allylic oxidation sites excluding steroid dienone is 2. The highest BCUT2D eigenvalue weighted by Crippen LogP contribution is 2.71. The first-order chi connectivity index (χ1) is 13.0. The van der Waals surface area contributed by atoms with Gasteiger partial charge < -0.3 is 29.9 Å². The molecule has 4 aliphatic carbocycles. The van der Waals surface area contributed by atoms with Crippen molar-refractivity contribution in [2.75, 3.05) is 6.61 Å². The van der Waals surface area contributed by atoms with Gasteiger partial charge in [-0.2, -0.15) is 0 Å². The molecular weight excluding hydrogens is 364 g/mol. The first-order valence-electron chi connectivity index (χ1n) is 10.2. The predicted molar refractivity (Wildman–Crippen MR) is 99.0 cm³/mol. The minimum atomic E-state index is -1.46. The zero-order valence-electron chi connectivity index (χ0n) is 16.9. The van der Waals surface area contributed by atoms with Crippen LogP contribution in [-0.4, -0.2) is 69.1 Å². The fourth-order valence-electron chi connectivity index (χ4n) is 6.69. The van der Waals surface area contributed by atoms with Crippen LogP contribution in [-0.2, 0) is 14.3 Å². The number of rotatable bonds is 4. The summed E-state index contributed by atoms with van der Waals surface area (Å²) in [6, 6.07) is 0. The third-order valence-corrected chi connectivity index (χ3v) is 7.98. The van der Waals surface area contributed by atoms with Crippen LogP contribution in [0.15, 0.2) is 11.6 Å². The molecule has 4 N–H and O–H groups in total. The Kier molecular flexibility index (Phi) is 4.81. The Morgan fingerprint density at radius 1 is 1.21 bits per heavy atom. The second kappa shape index (κ2) is 6.59. The van der Waals surface area contributed by atoms with Gasteiger partial charge in [-0.05, 0) is 62.9 Å². The van der Waals surface area contributed by atoms with Gasteiger partial charge in [-0.3, -0.25) is 4.79 Å². The molecule has 0 aromatic heterocycles. The summed E-state index contributed by atoms with van der Waals surface area (Å²) in [6.07, 6.45) is -2.79. The van der Waals surface area contributed by atoms with Crippen LogP contribution in [0.5, 0.6) is 0 Å². The lowest BCUT2D eigenvalue weighted by Crippen LogP contribution is -2.69. The molecule has 0 aromatic carbocycles. The first kappa shape index (κ1) is 20.4. The summed E-state index contributed by atoms with van der Waals surface area (Å²) in [5.74, 6) is 0.894. The average Bonchev–Trinajstić information content (AvgIpc) is 2.61. The molecule has 2 unspecified atom stereocenters. The van der Waals surface area contributed by atoms with Crippen LogP contribution in [0.25, 0.3) is 0 Å². The van der Waals surface area contributed by atoms with Crippen molar-refractivity contribution in [1.82, 2.24) is 0 Å². The van der Waals surface area contributed by atoms with Crippen molar-refractivity contribution in [1.29, 1.82) is 0 Å². The normalized spacial score (nSPS) is 50.8. The number of hydrogen-bond donors (Lipinski definition) is 4.